The number of sulfonamides is 1. The first kappa shape index (κ1) is 16.2. The van der Waals surface area contributed by atoms with Gasteiger partial charge in [-0.1, -0.05) is 6.07 Å². The van der Waals surface area contributed by atoms with Crippen molar-refractivity contribution in [3.05, 3.63) is 24.3 Å². The molecule has 0 spiro atoms. The van der Waals surface area contributed by atoms with E-state index in [0.717, 1.165) is 32.5 Å². The molecule has 2 saturated heterocycles. The number of nitrogens with two attached hydrogens (primary N) is 1. The van der Waals surface area contributed by atoms with Crippen LogP contribution in [0.1, 0.15) is 12.8 Å². The number of hydrogen-bond donors (Lipinski definition) is 2. The van der Waals surface area contributed by atoms with Crippen LogP contribution in [-0.2, 0) is 10.0 Å². The fraction of sp³-hybridized carbons (Fsp3) is 0.533. The summed E-state index contributed by atoms with van der Waals surface area (Å²) in [4.78, 5) is 16.7. The highest BCUT2D eigenvalue weighted by Gasteiger charge is 2.39. The van der Waals surface area contributed by atoms with Gasteiger partial charge in [-0.25, -0.2) is 18.4 Å². The van der Waals surface area contributed by atoms with Gasteiger partial charge in [0.2, 0.25) is 10.0 Å². The molecule has 0 radical (unpaired) electrons. The second kappa shape index (κ2) is 6.10. The minimum atomic E-state index is -3.78. The van der Waals surface area contributed by atoms with Crippen LogP contribution in [0, 0.1) is 5.92 Å². The van der Waals surface area contributed by atoms with E-state index in [0.29, 0.717) is 11.6 Å². The van der Waals surface area contributed by atoms with Crippen molar-refractivity contribution in [2.24, 2.45) is 11.1 Å². The van der Waals surface area contributed by atoms with E-state index in [4.69, 9.17) is 5.14 Å². The van der Waals surface area contributed by atoms with Gasteiger partial charge in [0.05, 0.1) is 4.90 Å². The Balaban J connectivity index is 1.72. The summed E-state index contributed by atoms with van der Waals surface area (Å²) in [5.41, 5.74) is 0.439. The molecule has 7 nitrogen and oxygen atoms in total. The SMILES string of the molecule is CN1CC[C@@H]2CCN(C(=O)Nc3cccc(S(N)(=O)=O)c3)[C@H]2C1. The van der Waals surface area contributed by atoms with Gasteiger partial charge in [-0.2, -0.15) is 0 Å². The number of carbonyl (C=O) groups excluding carboxylic acids is 1. The van der Waals surface area contributed by atoms with Crippen LogP contribution in [0.3, 0.4) is 0 Å². The van der Waals surface area contributed by atoms with Crippen molar-refractivity contribution in [2.45, 2.75) is 23.8 Å². The summed E-state index contributed by atoms with van der Waals surface area (Å²) in [5.74, 6) is 0.563. The maximum absolute atomic E-state index is 12.6. The van der Waals surface area contributed by atoms with Gasteiger partial charge in [0, 0.05) is 24.8 Å². The standard InChI is InChI=1S/C15H22N4O3S/c1-18-7-5-11-6-8-19(14(11)10-18)15(20)17-12-3-2-4-13(9-12)23(16,21)22/h2-4,9,11,14H,5-8,10H2,1H3,(H,17,20)(H2,16,21,22)/t11-,14+/m1/s1. The molecular weight excluding hydrogens is 316 g/mol. The van der Waals surface area contributed by atoms with E-state index in [1.54, 1.807) is 12.1 Å². The maximum atomic E-state index is 12.6. The van der Waals surface area contributed by atoms with Gasteiger partial charge in [-0.3, -0.25) is 0 Å². The number of likely N-dealkylation sites (tertiary alicyclic amines) is 2. The molecule has 0 unspecified atom stereocenters. The molecule has 1 aromatic carbocycles. The molecule has 23 heavy (non-hydrogen) atoms. The number of piperidine rings is 1. The van der Waals surface area contributed by atoms with Crippen LogP contribution in [0.15, 0.2) is 29.2 Å². The van der Waals surface area contributed by atoms with E-state index < -0.39 is 10.0 Å². The van der Waals surface area contributed by atoms with Crippen molar-refractivity contribution in [3.8, 4) is 0 Å². The predicted molar refractivity (Wildman–Crippen MR) is 87.5 cm³/mol. The number of likely N-dealkylation sites (N-methyl/N-ethyl adjacent to an activating group) is 1. The van der Waals surface area contributed by atoms with Crippen molar-refractivity contribution in [2.75, 3.05) is 32.0 Å². The lowest BCUT2D eigenvalue weighted by atomic mass is 9.92. The Kier molecular flexibility index (Phi) is 4.31. The third-order valence-electron chi connectivity index (χ3n) is 4.74. The average molecular weight is 338 g/mol. The van der Waals surface area contributed by atoms with Crippen molar-refractivity contribution in [1.82, 2.24) is 9.80 Å². The lowest BCUT2D eigenvalue weighted by Gasteiger charge is -2.36. The van der Waals surface area contributed by atoms with Gasteiger partial charge in [0.25, 0.3) is 0 Å². The van der Waals surface area contributed by atoms with Gasteiger partial charge >= 0.3 is 6.03 Å². The number of urea groups is 1. The molecule has 2 aliphatic rings. The van der Waals surface area contributed by atoms with Crippen molar-refractivity contribution in [3.63, 3.8) is 0 Å². The van der Waals surface area contributed by atoms with E-state index in [2.05, 4.69) is 17.3 Å². The summed E-state index contributed by atoms with van der Waals surface area (Å²) >= 11 is 0. The minimum Gasteiger partial charge on any atom is -0.320 e. The largest absolute Gasteiger partial charge is 0.322 e. The van der Waals surface area contributed by atoms with E-state index in [1.807, 2.05) is 4.90 Å². The van der Waals surface area contributed by atoms with E-state index >= 15 is 0 Å². The lowest BCUT2D eigenvalue weighted by molar-refractivity contribution is 0.137. The van der Waals surface area contributed by atoms with Gasteiger partial charge in [-0.05, 0) is 50.6 Å². The molecule has 2 amide bonds. The van der Waals surface area contributed by atoms with Crippen molar-refractivity contribution in [1.29, 1.82) is 0 Å². The Morgan fingerprint density at radius 2 is 2.04 bits per heavy atom. The number of primary sulfonamides is 1. The number of rotatable bonds is 2. The van der Waals surface area contributed by atoms with Crippen LogP contribution in [-0.4, -0.2) is 57.0 Å². The molecule has 2 heterocycles. The van der Waals surface area contributed by atoms with Crippen LogP contribution in [0.5, 0.6) is 0 Å². The number of fused-ring (bicyclic) bond motifs is 1. The Morgan fingerprint density at radius 3 is 2.78 bits per heavy atom. The first-order chi connectivity index (χ1) is 10.8. The Bertz CT molecular complexity index is 706. The van der Waals surface area contributed by atoms with Crippen LogP contribution < -0.4 is 10.5 Å². The summed E-state index contributed by atoms with van der Waals surface area (Å²) in [5, 5.41) is 7.92. The lowest BCUT2D eigenvalue weighted by Crippen LogP contribution is -2.49. The topological polar surface area (TPSA) is 95.7 Å². The first-order valence-corrected chi connectivity index (χ1v) is 9.28. The predicted octanol–water partition coefficient (Wildman–Crippen LogP) is 0.892. The molecule has 2 aliphatic heterocycles. The normalized spacial score (nSPS) is 25.2. The summed E-state index contributed by atoms with van der Waals surface area (Å²) in [6, 6.07) is 6.07. The van der Waals surface area contributed by atoms with Crippen LogP contribution in [0.4, 0.5) is 10.5 Å². The molecule has 0 aliphatic carbocycles. The number of amides is 2. The molecule has 0 saturated carbocycles. The van der Waals surface area contributed by atoms with Gasteiger partial charge in [-0.15, -0.1) is 0 Å². The van der Waals surface area contributed by atoms with Crippen LogP contribution in [0.25, 0.3) is 0 Å². The number of carbonyl (C=O) groups is 1. The quantitative estimate of drug-likeness (QED) is 0.837. The number of hydrogen-bond acceptors (Lipinski definition) is 4. The molecule has 2 atom stereocenters. The number of benzene rings is 1. The highest BCUT2D eigenvalue weighted by Crippen LogP contribution is 2.31. The molecule has 0 aromatic heterocycles. The molecule has 3 N–H and O–H groups in total. The summed E-state index contributed by atoms with van der Waals surface area (Å²) in [7, 11) is -1.71. The summed E-state index contributed by atoms with van der Waals surface area (Å²) in [6.45, 7) is 2.70. The van der Waals surface area contributed by atoms with Gasteiger partial charge in [0.15, 0.2) is 0 Å². The monoisotopic (exact) mass is 338 g/mol. The van der Waals surface area contributed by atoms with E-state index in [1.165, 1.54) is 12.1 Å². The zero-order chi connectivity index (χ0) is 16.6. The minimum absolute atomic E-state index is 0.00741. The third kappa shape index (κ3) is 3.49. The zero-order valence-corrected chi connectivity index (χ0v) is 13.9. The molecule has 3 rings (SSSR count). The molecule has 8 heteroatoms. The number of nitrogens with one attached hydrogen (secondary N) is 1. The number of anilines is 1. The van der Waals surface area contributed by atoms with Crippen molar-refractivity contribution < 1.29 is 13.2 Å². The van der Waals surface area contributed by atoms with Crippen LogP contribution in [0.2, 0.25) is 0 Å². The van der Waals surface area contributed by atoms with Gasteiger partial charge < -0.3 is 15.1 Å². The highest BCUT2D eigenvalue weighted by molar-refractivity contribution is 7.89. The van der Waals surface area contributed by atoms with E-state index in [9.17, 15) is 13.2 Å². The Labute approximate surface area is 136 Å². The summed E-state index contributed by atoms with van der Waals surface area (Å²) < 4.78 is 22.8. The molecule has 0 bridgehead atoms. The molecular formula is C15H22N4O3S. The fourth-order valence-electron chi connectivity index (χ4n) is 3.50. The molecule has 1 aromatic rings. The van der Waals surface area contributed by atoms with Gasteiger partial charge in [0.1, 0.15) is 0 Å². The second-order valence-corrected chi connectivity index (χ2v) is 7.92. The maximum Gasteiger partial charge on any atom is 0.322 e. The van der Waals surface area contributed by atoms with Crippen LogP contribution >= 0.6 is 0 Å². The molecule has 2 fully saturated rings. The molecule has 126 valence electrons. The second-order valence-electron chi connectivity index (χ2n) is 6.36. The average Bonchev–Trinajstić information content (AvgIpc) is 2.89. The fourth-order valence-corrected chi connectivity index (χ4v) is 4.06. The Morgan fingerprint density at radius 1 is 1.30 bits per heavy atom. The summed E-state index contributed by atoms with van der Waals surface area (Å²) in [6.07, 6.45) is 2.15. The Hall–Kier alpha value is -1.64. The first-order valence-electron chi connectivity index (χ1n) is 7.73. The third-order valence-corrected chi connectivity index (χ3v) is 5.65. The highest BCUT2D eigenvalue weighted by atomic mass is 32.2. The van der Waals surface area contributed by atoms with Crippen molar-refractivity contribution >= 4 is 21.7 Å². The number of nitrogens with zero attached hydrogens (tertiary/aromatic N) is 2. The van der Waals surface area contributed by atoms with E-state index in [-0.39, 0.29) is 17.0 Å². The zero-order valence-electron chi connectivity index (χ0n) is 13.1. The smallest absolute Gasteiger partial charge is 0.320 e.